The SMILES string of the molecule is C.CCCCCCCN(CC)CCCC(O)c1ccc(NS(C)(=O)=O)cc1.O=C(O)/C=C/C(=O)O. The Hall–Kier alpha value is -2.43. The minimum absolute atomic E-state index is 0. The van der Waals surface area contributed by atoms with Crippen LogP contribution < -0.4 is 4.72 Å². The van der Waals surface area contributed by atoms with Crippen LogP contribution in [-0.2, 0) is 19.6 Å². The molecule has 0 fully saturated rings. The fourth-order valence-corrected chi connectivity index (χ4v) is 3.74. The number of aliphatic hydroxyl groups is 1. The molecule has 0 radical (unpaired) electrons. The third-order valence-electron chi connectivity index (χ3n) is 4.94. The number of rotatable bonds is 16. The zero-order chi connectivity index (χ0) is 26.0. The van der Waals surface area contributed by atoms with Gasteiger partial charge in [-0.2, -0.15) is 0 Å². The zero-order valence-electron chi connectivity index (χ0n) is 20.4. The molecule has 0 aliphatic rings. The Balaban J connectivity index is 0. The Morgan fingerprint density at radius 3 is 1.91 bits per heavy atom. The van der Waals surface area contributed by atoms with Gasteiger partial charge in [-0.15, -0.1) is 0 Å². The second kappa shape index (κ2) is 19.8. The van der Waals surface area contributed by atoms with Crippen LogP contribution in [-0.4, -0.2) is 66.5 Å². The first-order chi connectivity index (χ1) is 16.0. The largest absolute Gasteiger partial charge is 0.478 e. The van der Waals surface area contributed by atoms with E-state index in [0.29, 0.717) is 24.3 Å². The van der Waals surface area contributed by atoms with Crippen LogP contribution >= 0.6 is 0 Å². The average Bonchev–Trinajstić information content (AvgIpc) is 2.76. The van der Waals surface area contributed by atoms with Gasteiger partial charge in [-0.3, -0.25) is 4.72 Å². The maximum atomic E-state index is 11.2. The van der Waals surface area contributed by atoms with Crippen LogP contribution in [0, 0.1) is 0 Å². The molecule has 0 amide bonds. The normalized spacial score (nSPS) is 11.9. The van der Waals surface area contributed by atoms with Crippen LogP contribution in [0.1, 0.15) is 77.9 Å². The quantitative estimate of drug-likeness (QED) is 0.185. The van der Waals surface area contributed by atoms with Crippen LogP contribution in [0.15, 0.2) is 36.4 Å². The van der Waals surface area contributed by atoms with Gasteiger partial charge >= 0.3 is 11.9 Å². The number of sulfonamides is 1. The van der Waals surface area contributed by atoms with E-state index in [4.69, 9.17) is 10.2 Å². The Kier molecular flexibility index (Phi) is 19.7. The first-order valence-electron chi connectivity index (χ1n) is 11.6. The van der Waals surface area contributed by atoms with Crippen LogP contribution in [0.5, 0.6) is 0 Å². The zero-order valence-corrected chi connectivity index (χ0v) is 21.3. The molecule has 9 nitrogen and oxygen atoms in total. The lowest BCUT2D eigenvalue weighted by atomic mass is 10.0. The average molecular weight is 517 g/mol. The molecule has 0 saturated carbocycles. The highest BCUT2D eigenvalue weighted by molar-refractivity contribution is 7.92. The Labute approximate surface area is 210 Å². The third-order valence-corrected chi connectivity index (χ3v) is 5.55. The molecule has 1 atom stereocenters. The van der Waals surface area contributed by atoms with Crippen molar-refractivity contribution in [3.8, 4) is 0 Å². The van der Waals surface area contributed by atoms with Gasteiger partial charge in [-0.25, -0.2) is 18.0 Å². The van der Waals surface area contributed by atoms with Crippen LogP contribution in [0.25, 0.3) is 0 Å². The van der Waals surface area contributed by atoms with Crippen molar-refractivity contribution in [1.29, 1.82) is 0 Å². The number of nitrogens with zero attached hydrogens (tertiary/aromatic N) is 1. The van der Waals surface area contributed by atoms with Gasteiger partial charge in [0.25, 0.3) is 0 Å². The summed E-state index contributed by atoms with van der Waals surface area (Å²) in [6.45, 7) is 7.63. The van der Waals surface area contributed by atoms with E-state index < -0.39 is 28.1 Å². The summed E-state index contributed by atoms with van der Waals surface area (Å²) in [4.78, 5) is 21.6. The molecule has 4 N–H and O–H groups in total. The van der Waals surface area contributed by atoms with Gasteiger partial charge in [0.15, 0.2) is 0 Å². The van der Waals surface area contributed by atoms with Gasteiger partial charge < -0.3 is 20.2 Å². The monoisotopic (exact) mass is 516 g/mol. The maximum Gasteiger partial charge on any atom is 0.328 e. The van der Waals surface area contributed by atoms with Crippen molar-refractivity contribution in [2.24, 2.45) is 0 Å². The van der Waals surface area contributed by atoms with Crippen molar-refractivity contribution in [2.45, 2.75) is 72.3 Å². The lowest BCUT2D eigenvalue weighted by Crippen LogP contribution is -2.26. The van der Waals surface area contributed by atoms with Crippen molar-refractivity contribution < 1.29 is 33.3 Å². The topological polar surface area (TPSA) is 144 Å². The fraction of sp³-hybridized carbons (Fsp3) is 0.600. The molecule has 1 aromatic carbocycles. The van der Waals surface area contributed by atoms with E-state index in [0.717, 1.165) is 37.9 Å². The van der Waals surface area contributed by atoms with Crippen molar-refractivity contribution in [3.63, 3.8) is 0 Å². The predicted molar refractivity (Wildman–Crippen MR) is 141 cm³/mol. The van der Waals surface area contributed by atoms with E-state index >= 15 is 0 Å². The molecule has 0 spiro atoms. The molecule has 1 aromatic rings. The summed E-state index contributed by atoms with van der Waals surface area (Å²) in [6.07, 6.45) is 9.90. The van der Waals surface area contributed by atoms with E-state index in [9.17, 15) is 23.1 Å². The van der Waals surface area contributed by atoms with Crippen molar-refractivity contribution in [1.82, 2.24) is 4.90 Å². The summed E-state index contributed by atoms with van der Waals surface area (Å²) in [5, 5.41) is 26.0. The molecule has 35 heavy (non-hydrogen) atoms. The van der Waals surface area contributed by atoms with Crippen molar-refractivity contribution in [2.75, 3.05) is 30.6 Å². The highest BCUT2D eigenvalue weighted by atomic mass is 32.2. The molecule has 1 unspecified atom stereocenters. The first kappa shape index (κ1) is 34.7. The number of hydrogen-bond acceptors (Lipinski definition) is 6. The number of aliphatic carboxylic acids is 2. The lowest BCUT2D eigenvalue weighted by Gasteiger charge is -2.21. The number of anilines is 1. The second-order valence-corrected chi connectivity index (χ2v) is 9.76. The van der Waals surface area contributed by atoms with Gasteiger partial charge in [-0.05, 0) is 56.6 Å². The summed E-state index contributed by atoms with van der Waals surface area (Å²) in [5.74, 6) is -2.51. The first-order valence-corrected chi connectivity index (χ1v) is 13.5. The number of hydrogen-bond donors (Lipinski definition) is 4. The standard InChI is InChI=1S/C20H36N2O3S.C4H4O4.CH4/c1-4-6-7-8-9-16-22(5-2)17-10-11-20(23)18-12-14-19(15-13-18)21-26(3,24)25;5-3(6)1-2-4(7)8;/h12-15,20-21,23H,4-11,16-17H2,1-3H3;1-2H,(H,5,6)(H,7,8);1H4/b;2-1+;. The minimum Gasteiger partial charge on any atom is -0.478 e. The van der Waals surface area contributed by atoms with Gasteiger partial charge in [0.2, 0.25) is 10.0 Å². The Morgan fingerprint density at radius 2 is 1.46 bits per heavy atom. The number of aliphatic hydroxyl groups excluding tert-OH is 1. The molecule has 202 valence electrons. The summed E-state index contributed by atoms with van der Waals surface area (Å²) in [6, 6.07) is 6.94. The second-order valence-electron chi connectivity index (χ2n) is 8.01. The van der Waals surface area contributed by atoms with Gasteiger partial charge in [0, 0.05) is 17.8 Å². The van der Waals surface area contributed by atoms with E-state index in [2.05, 4.69) is 23.5 Å². The number of benzene rings is 1. The van der Waals surface area contributed by atoms with E-state index in [1.54, 1.807) is 24.3 Å². The van der Waals surface area contributed by atoms with E-state index in [-0.39, 0.29) is 7.43 Å². The summed E-state index contributed by atoms with van der Waals surface area (Å²) in [5.41, 5.74) is 1.34. The molecule has 0 aromatic heterocycles. The van der Waals surface area contributed by atoms with Crippen LogP contribution in [0.3, 0.4) is 0 Å². The molecule has 0 heterocycles. The molecular formula is C25H44N2O7S. The highest BCUT2D eigenvalue weighted by Gasteiger charge is 2.10. The summed E-state index contributed by atoms with van der Waals surface area (Å²) < 4.78 is 24.9. The smallest absolute Gasteiger partial charge is 0.328 e. The number of carbonyl (C=O) groups is 2. The van der Waals surface area contributed by atoms with E-state index in [1.807, 2.05) is 0 Å². The fourth-order valence-electron chi connectivity index (χ4n) is 3.17. The van der Waals surface area contributed by atoms with Crippen molar-refractivity contribution >= 4 is 27.6 Å². The minimum atomic E-state index is -3.27. The molecule has 0 aliphatic heterocycles. The lowest BCUT2D eigenvalue weighted by molar-refractivity contribution is -0.134. The molecule has 10 heteroatoms. The Morgan fingerprint density at radius 1 is 0.943 bits per heavy atom. The number of unbranched alkanes of at least 4 members (excludes halogenated alkanes) is 4. The van der Waals surface area contributed by atoms with Gasteiger partial charge in [0.05, 0.1) is 12.4 Å². The third kappa shape index (κ3) is 20.6. The predicted octanol–water partition coefficient (Wildman–Crippen LogP) is 4.51. The molecule has 0 bridgehead atoms. The van der Waals surface area contributed by atoms with Crippen LogP contribution in [0.2, 0.25) is 0 Å². The van der Waals surface area contributed by atoms with Crippen molar-refractivity contribution in [3.05, 3.63) is 42.0 Å². The van der Waals surface area contributed by atoms with Crippen LogP contribution in [0.4, 0.5) is 5.69 Å². The van der Waals surface area contributed by atoms with E-state index in [1.165, 1.54) is 32.1 Å². The van der Waals surface area contributed by atoms with Gasteiger partial charge in [0.1, 0.15) is 0 Å². The molecule has 1 rings (SSSR count). The number of carboxylic acid groups (broad SMARTS) is 2. The molecular weight excluding hydrogens is 472 g/mol. The molecule has 0 saturated heterocycles. The highest BCUT2D eigenvalue weighted by Crippen LogP contribution is 2.21. The van der Waals surface area contributed by atoms with Gasteiger partial charge in [-0.1, -0.05) is 59.1 Å². The summed E-state index contributed by atoms with van der Waals surface area (Å²) in [7, 11) is -3.27. The maximum absolute atomic E-state index is 11.2. The Bertz CT molecular complexity index is 824. The molecule has 0 aliphatic carbocycles. The summed E-state index contributed by atoms with van der Waals surface area (Å²) >= 11 is 0. The number of nitrogens with one attached hydrogen (secondary N) is 1. The number of carboxylic acids is 2.